The maximum Gasteiger partial charge on any atom is 0.321 e. The summed E-state index contributed by atoms with van der Waals surface area (Å²) in [6, 6.07) is 18.0. The van der Waals surface area contributed by atoms with Crippen LogP contribution in [0.4, 0.5) is 15.6 Å². The zero-order valence-electron chi connectivity index (χ0n) is 18.6. The third kappa shape index (κ3) is 5.65. The van der Waals surface area contributed by atoms with Crippen molar-refractivity contribution in [2.75, 3.05) is 24.3 Å². The minimum absolute atomic E-state index is 0.266. The van der Waals surface area contributed by atoms with Crippen LogP contribution in [-0.4, -0.2) is 30.6 Å². The van der Waals surface area contributed by atoms with E-state index in [9.17, 15) is 9.59 Å². The topological polar surface area (TPSA) is 92.3 Å². The Morgan fingerprint density at radius 1 is 1.06 bits per heavy atom. The maximum absolute atomic E-state index is 12.7. The molecular weight excluding hydrogens is 472 g/mol. The molecule has 0 saturated heterocycles. The summed E-state index contributed by atoms with van der Waals surface area (Å²) in [7, 11) is 1.63. The van der Waals surface area contributed by atoms with E-state index in [1.165, 1.54) is 11.3 Å². The number of thiazole rings is 1. The fourth-order valence-electron chi connectivity index (χ4n) is 3.35. The van der Waals surface area contributed by atoms with E-state index in [-0.39, 0.29) is 11.9 Å². The number of halogens is 1. The Morgan fingerprint density at radius 2 is 1.85 bits per heavy atom. The summed E-state index contributed by atoms with van der Waals surface area (Å²) in [5.41, 5.74) is 3.74. The Morgan fingerprint density at radius 3 is 2.59 bits per heavy atom. The number of carbonyl (C=O) groups excluding carboxylic acids is 2. The fraction of sp³-hybridized carbons (Fsp3) is 0.160. The van der Waals surface area contributed by atoms with Gasteiger partial charge >= 0.3 is 6.03 Å². The normalized spacial score (nSPS) is 10.7. The fourth-order valence-corrected chi connectivity index (χ4v) is 4.52. The first kappa shape index (κ1) is 23.5. The van der Waals surface area contributed by atoms with Gasteiger partial charge in [-0.05, 0) is 60.9 Å². The molecule has 0 atom stereocenters. The molecule has 0 aliphatic heterocycles. The van der Waals surface area contributed by atoms with Gasteiger partial charge in [-0.1, -0.05) is 47.2 Å². The van der Waals surface area contributed by atoms with Crippen molar-refractivity contribution in [2.24, 2.45) is 0 Å². The second-order valence-electron chi connectivity index (χ2n) is 7.57. The molecule has 0 saturated carbocycles. The van der Waals surface area contributed by atoms with E-state index in [0.717, 1.165) is 21.6 Å². The summed E-state index contributed by atoms with van der Waals surface area (Å²) >= 11 is 7.52. The van der Waals surface area contributed by atoms with Crippen LogP contribution in [0.2, 0.25) is 5.02 Å². The molecule has 174 valence electrons. The van der Waals surface area contributed by atoms with Crippen LogP contribution in [0.5, 0.6) is 5.75 Å². The molecule has 4 aromatic rings. The van der Waals surface area contributed by atoms with E-state index < -0.39 is 0 Å². The molecular formula is C25H23ClN4O3S. The van der Waals surface area contributed by atoms with Crippen LogP contribution in [0.15, 0.2) is 60.7 Å². The molecule has 3 aromatic carbocycles. The van der Waals surface area contributed by atoms with Crippen molar-refractivity contribution in [2.45, 2.75) is 13.3 Å². The molecule has 0 aliphatic rings. The zero-order valence-corrected chi connectivity index (χ0v) is 20.2. The number of para-hydroxylation sites is 1. The lowest BCUT2D eigenvalue weighted by molar-refractivity contribution is 0.102. The number of aryl methyl sites for hydroxylation is 1. The molecule has 9 heteroatoms. The van der Waals surface area contributed by atoms with Gasteiger partial charge in [-0.15, -0.1) is 0 Å². The number of aromatic nitrogens is 1. The van der Waals surface area contributed by atoms with Gasteiger partial charge in [0.15, 0.2) is 5.13 Å². The third-order valence-electron chi connectivity index (χ3n) is 5.19. The van der Waals surface area contributed by atoms with E-state index in [0.29, 0.717) is 39.9 Å². The van der Waals surface area contributed by atoms with E-state index in [2.05, 4.69) is 20.9 Å². The molecule has 7 nitrogen and oxygen atoms in total. The molecule has 0 fully saturated rings. The number of fused-ring (bicyclic) bond motifs is 1. The average molecular weight is 495 g/mol. The van der Waals surface area contributed by atoms with Crippen molar-refractivity contribution in [3.8, 4) is 5.75 Å². The van der Waals surface area contributed by atoms with E-state index >= 15 is 0 Å². The van der Waals surface area contributed by atoms with Gasteiger partial charge in [0.2, 0.25) is 0 Å². The van der Waals surface area contributed by atoms with E-state index in [1.54, 1.807) is 31.4 Å². The highest BCUT2D eigenvalue weighted by molar-refractivity contribution is 7.22. The SMILES string of the molecule is COc1ccc(CCNC(=O)Nc2nc3ccc(C(=O)Nc4c(C)cccc4Cl)cc3s2)cc1. The number of nitrogens with zero attached hydrogens (tertiary/aromatic N) is 1. The number of amides is 3. The Kier molecular flexibility index (Phi) is 7.30. The zero-order chi connectivity index (χ0) is 24.1. The first-order valence-electron chi connectivity index (χ1n) is 10.6. The minimum atomic E-state index is -0.334. The number of methoxy groups -OCH3 is 1. The summed E-state index contributed by atoms with van der Waals surface area (Å²) in [5, 5.41) is 9.39. The number of benzene rings is 3. The van der Waals surface area contributed by atoms with Crippen molar-refractivity contribution in [3.63, 3.8) is 0 Å². The van der Waals surface area contributed by atoms with Crippen molar-refractivity contribution in [1.82, 2.24) is 10.3 Å². The highest BCUT2D eigenvalue weighted by atomic mass is 35.5. The Bertz CT molecular complexity index is 1320. The van der Waals surface area contributed by atoms with Gasteiger partial charge in [0.05, 0.1) is 28.0 Å². The lowest BCUT2D eigenvalue weighted by atomic mass is 10.1. The predicted octanol–water partition coefficient (Wildman–Crippen LogP) is 5.88. The molecule has 0 bridgehead atoms. The molecule has 0 radical (unpaired) electrons. The van der Waals surface area contributed by atoms with Gasteiger partial charge in [-0.25, -0.2) is 9.78 Å². The monoisotopic (exact) mass is 494 g/mol. The number of hydrogen-bond acceptors (Lipinski definition) is 5. The van der Waals surface area contributed by atoms with Gasteiger partial charge in [0.25, 0.3) is 5.91 Å². The summed E-state index contributed by atoms with van der Waals surface area (Å²) < 4.78 is 5.94. The van der Waals surface area contributed by atoms with Crippen LogP contribution in [-0.2, 0) is 6.42 Å². The van der Waals surface area contributed by atoms with Crippen LogP contribution in [0.3, 0.4) is 0 Å². The lowest BCUT2D eigenvalue weighted by Crippen LogP contribution is -2.30. The molecule has 0 aliphatic carbocycles. The van der Waals surface area contributed by atoms with Gasteiger partial charge < -0.3 is 15.4 Å². The smallest absolute Gasteiger partial charge is 0.321 e. The summed E-state index contributed by atoms with van der Waals surface area (Å²) in [4.78, 5) is 29.4. The van der Waals surface area contributed by atoms with Crippen molar-refractivity contribution >= 4 is 55.9 Å². The maximum atomic E-state index is 12.7. The largest absolute Gasteiger partial charge is 0.497 e. The first-order valence-corrected chi connectivity index (χ1v) is 11.8. The second-order valence-corrected chi connectivity index (χ2v) is 9.00. The van der Waals surface area contributed by atoms with Gasteiger partial charge in [0, 0.05) is 12.1 Å². The summed E-state index contributed by atoms with van der Waals surface area (Å²) in [6.07, 6.45) is 0.695. The second kappa shape index (κ2) is 10.5. The van der Waals surface area contributed by atoms with Crippen molar-refractivity contribution in [3.05, 3.63) is 82.4 Å². The van der Waals surface area contributed by atoms with Crippen LogP contribution in [0.1, 0.15) is 21.5 Å². The number of anilines is 2. The number of carbonyl (C=O) groups is 2. The molecule has 1 heterocycles. The quantitative estimate of drug-likeness (QED) is 0.299. The molecule has 0 unspecified atom stereocenters. The highest BCUT2D eigenvalue weighted by Crippen LogP contribution is 2.29. The Labute approximate surface area is 206 Å². The van der Waals surface area contributed by atoms with Gasteiger partial charge in [0.1, 0.15) is 5.75 Å². The third-order valence-corrected chi connectivity index (χ3v) is 6.44. The number of hydrogen-bond donors (Lipinski definition) is 3. The Hall–Kier alpha value is -3.62. The average Bonchev–Trinajstić information content (AvgIpc) is 3.23. The molecule has 3 amide bonds. The molecule has 34 heavy (non-hydrogen) atoms. The van der Waals surface area contributed by atoms with Crippen molar-refractivity contribution < 1.29 is 14.3 Å². The number of urea groups is 1. The summed E-state index contributed by atoms with van der Waals surface area (Å²) in [6.45, 7) is 2.36. The van der Waals surface area contributed by atoms with Crippen molar-refractivity contribution in [1.29, 1.82) is 0 Å². The molecule has 3 N–H and O–H groups in total. The molecule has 0 spiro atoms. The molecule has 1 aromatic heterocycles. The molecule has 4 rings (SSSR count). The number of ether oxygens (including phenoxy) is 1. The van der Waals surface area contributed by atoms with Gasteiger partial charge in [-0.2, -0.15) is 0 Å². The highest BCUT2D eigenvalue weighted by Gasteiger charge is 2.13. The minimum Gasteiger partial charge on any atom is -0.497 e. The standard InChI is InChI=1S/C25H23ClN4O3S/c1-15-4-3-5-19(26)22(15)29-23(31)17-8-11-20-21(14-17)34-25(28-20)30-24(32)27-13-12-16-6-9-18(33-2)10-7-16/h3-11,14H,12-13H2,1-2H3,(H,29,31)(H2,27,28,30,32). The number of nitrogens with one attached hydrogen (secondary N) is 3. The Balaban J connectivity index is 1.35. The van der Waals surface area contributed by atoms with Gasteiger partial charge in [-0.3, -0.25) is 10.1 Å². The van der Waals surface area contributed by atoms with Crippen LogP contribution in [0, 0.1) is 6.92 Å². The first-order chi connectivity index (χ1) is 16.4. The lowest BCUT2D eigenvalue weighted by Gasteiger charge is -2.10. The summed E-state index contributed by atoms with van der Waals surface area (Å²) in [5.74, 6) is 0.530. The van der Waals surface area contributed by atoms with E-state index in [4.69, 9.17) is 16.3 Å². The number of rotatable bonds is 7. The van der Waals surface area contributed by atoms with E-state index in [1.807, 2.05) is 43.3 Å². The van der Waals surface area contributed by atoms with Crippen LogP contribution >= 0.6 is 22.9 Å². The van der Waals surface area contributed by atoms with Crippen LogP contribution in [0.25, 0.3) is 10.2 Å². The predicted molar refractivity (Wildman–Crippen MR) is 137 cm³/mol. The van der Waals surface area contributed by atoms with Crippen LogP contribution < -0.4 is 20.7 Å².